The van der Waals surface area contributed by atoms with Gasteiger partial charge in [-0.25, -0.2) is 4.39 Å². The fourth-order valence-corrected chi connectivity index (χ4v) is 1.02. The highest BCUT2D eigenvalue weighted by Gasteiger charge is 2.42. The molecule has 1 rings (SSSR count). The van der Waals surface area contributed by atoms with Crippen molar-refractivity contribution in [2.24, 2.45) is 0 Å². The first-order valence-corrected chi connectivity index (χ1v) is 3.12. The lowest BCUT2D eigenvalue weighted by Crippen LogP contribution is -2.38. The molecule has 1 saturated heterocycles. The minimum atomic E-state index is -1.01. The summed E-state index contributed by atoms with van der Waals surface area (Å²) in [6, 6.07) is 0. The van der Waals surface area contributed by atoms with Crippen LogP contribution in [0.5, 0.6) is 0 Å². The largest absolute Gasteiger partial charge is 0.245 e. The van der Waals surface area contributed by atoms with E-state index in [-0.39, 0.29) is 6.54 Å². The minimum absolute atomic E-state index is 0.230. The molecule has 1 heterocycles. The van der Waals surface area contributed by atoms with Crippen molar-refractivity contribution in [3.8, 4) is 0 Å². The van der Waals surface area contributed by atoms with Crippen molar-refractivity contribution in [1.82, 2.24) is 5.12 Å². The standard InChI is InChI=1S/C6H11F2N/c1-6(2)5(7)3-4-9(6)8/h5H,3-4H2,1-2H3. The zero-order valence-corrected chi connectivity index (χ0v) is 5.69. The summed E-state index contributed by atoms with van der Waals surface area (Å²) in [4.78, 5) is 0. The van der Waals surface area contributed by atoms with Gasteiger partial charge in [0, 0.05) is 6.54 Å². The summed E-state index contributed by atoms with van der Waals surface area (Å²) in [5.41, 5.74) is -0.889. The second-order valence-corrected chi connectivity index (χ2v) is 3.00. The number of rotatable bonds is 0. The second-order valence-electron chi connectivity index (χ2n) is 3.00. The highest BCUT2D eigenvalue weighted by molar-refractivity contribution is 4.91. The molecule has 0 spiro atoms. The molecular formula is C6H11F2N. The van der Waals surface area contributed by atoms with E-state index in [9.17, 15) is 8.87 Å². The van der Waals surface area contributed by atoms with Crippen molar-refractivity contribution in [3.63, 3.8) is 0 Å². The molecule has 0 N–H and O–H groups in total. The maximum atomic E-state index is 12.7. The van der Waals surface area contributed by atoms with Gasteiger partial charge in [0.1, 0.15) is 6.17 Å². The summed E-state index contributed by atoms with van der Waals surface area (Å²) < 4.78 is 25.2. The summed E-state index contributed by atoms with van der Waals surface area (Å²) in [5, 5.41) is 0.567. The van der Waals surface area contributed by atoms with Crippen molar-refractivity contribution >= 4 is 0 Å². The van der Waals surface area contributed by atoms with Crippen molar-refractivity contribution in [3.05, 3.63) is 0 Å². The number of halogens is 2. The van der Waals surface area contributed by atoms with Gasteiger partial charge in [-0.15, -0.1) is 9.60 Å². The van der Waals surface area contributed by atoms with Gasteiger partial charge in [-0.3, -0.25) is 0 Å². The van der Waals surface area contributed by atoms with Gasteiger partial charge in [0.15, 0.2) is 0 Å². The zero-order valence-electron chi connectivity index (χ0n) is 5.69. The van der Waals surface area contributed by atoms with Gasteiger partial charge >= 0.3 is 0 Å². The fourth-order valence-electron chi connectivity index (χ4n) is 1.02. The van der Waals surface area contributed by atoms with Gasteiger partial charge in [0.2, 0.25) is 0 Å². The highest BCUT2D eigenvalue weighted by atomic mass is 19.2. The van der Waals surface area contributed by atoms with Crippen LogP contribution in [0.4, 0.5) is 8.87 Å². The minimum Gasteiger partial charge on any atom is -0.245 e. The van der Waals surface area contributed by atoms with Crippen molar-refractivity contribution < 1.29 is 8.87 Å². The number of hydrogen-bond acceptors (Lipinski definition) is 1. The Bertz CT molecular complexity index is 102. The molecule has 1 aliphatic heterocycles. The molecule has 0 saturated carbocycles. The van der Waals surface area contributed by atoms with Crippen LogP contribution in [0, 0.1) is 0 Å². The Morgan fingerprint density at radius 3 is 2.22 bits per heavy atom. The molecule has 1 fully saturated rings. The predicted octanol–water partition coefficient (Wildman–Crippen LogP) is 1.69. The first-order valence-electron chi connectivity index (χ1n) is 3.12. The third-order valence-corrected chi connectivity index (χ3v) is 1.97. The van der Waals surface area contributed by atoms with Gasteiger partial charge in [0.25, 0.3) is 0 Å². The smallest absolute Gasteiger partial charge is 0.122 e. The molecule has 3 heteroatoms. The number of alkyl halides is 1. The van der Waals surface area contributed by atoms with Crippen LogP contribution in [0.1, 0.15) is 20.3 Å². The quantitative estimate of drug-likeness (QED) is 0.457. The van der Waals surface area contributed by atoms with Crippen LogP contribution in [0.3, 0.4) is 0 Å². The van der Waals surface area contributed by atoms with E-state index in [1.807, 2.05) is 0 Å². The highest BCUT2D eigenvalue weighted by Crippen LogP contribution is 2.30. The average Bonchev–Trinajstić information content (AvgIpc) is 1.96. The van der Waals surface area contributed by atoms with Crippen LogP contribution >= 0.6 is 0 Å². The molecule has 0 aromatic carbocycles. The zero-order chi connectivity index (χ0) is 7.07. The van der Waals surface area contributed by atoms with Crippen LogP contribution in [-0.2, 0) is 0 Å². The molecule has 0 aliphatic carbocycles. The van der Waals surface area contributed by atoms with E-state index in [1.165, 1.54) is 0 Å². The van der Waals surface area contributed by atoms with Crippen molar-refractivity contribution in [1.29, 1.82) is 0 Å². The van der Waals surface area contributed by atoms with Crippen molar-refractivity contribution in [2.45, 2.75) is 32.0 Å². The Kier molecular flexibility index (Phi) is 1.47. The maximum Gasteiger partial charge on any atom is 0.122 e. The lowest BCUT2D eigenvalue weighted by molar-refractivity contribution is -0.0523. The Hall–Kier alpha value is -0.180. The molecule has 1 aliphatic rings. The first-order chi connectivity index (χ1) is 4.05. The Balaban J connectivity index is 2.66. The molecule has 0 aromatic rings. The Labute approximate surface area is 53.6 Å². The van der Waals surface area contributed by atoms with E-state index in [0.717, 1.165) is 0 Å². The molecular weight excluding hydrogens is 124 g/mol. The van der Waals surface area contributed by atoms with Crippen LogP contribution < -0.4 is 0 Å². The number of nitrogens with zero attached hydrogens (tertiary/aromatic N) is 1. The second kappa shape index (κ2) is 1.90. The molecule has 0 bridgehead atoms. The lowest BCUT2D eigenvalue weighted by Gasteiger charge is -2.24. The summed E-state index contributed by atoms with van der Waals surface area (Å²) in [6.07, 6.45) is -0.689. The molecule has 1 nitrogen and oxygen atoms in total. The fraction of sp³-hybridized carbons (Fsp3) is 1.00. The van der Waals surface area contributed by atoms with Crippen LogP contribution in [-0.4, -0.2) is 23.4 Å². The SMILES string of the molecule is CC1(C)C(F)CCN1F. The molecule has 9 heavy (non-hydrogen) atoms. The average molecular weight is 135 g/mol. The van der Waals surface area contributed by atoms with Crippen LogP contribution in [0.15, 0.2) is 0 Å². The predicted molar refractivity (Wildman–Crippen MR) is 31.4 cm³/mol. The van der Waals surface area contributed by atoms with E-state index in [2.05, 4.69) is 0 Å². The van der Waals surface area contributed by atoms with Crippen LogP contribution in [0.2, 0.25) is 0 Å². The number of hydrogen-bond donors (Lipinski definition) is 0. The van der Waals surface area contributed by atoms with Crippen molar-refractivity contribution in [2.75, 3.05) is 6.54 Å². The first kappa shape index (κ1) is 6.93. The van der Waals surface area contributed by atoms with E-state index >= 15 is 0 Å². The van der Waals surface area contributed by atoms with Gasteiger partial charge in [-0.2, -0.15) is 0 Å². The lowest BCUT2D eigenvalue weighted by atomic mass is 10.0. The van der Waals surface area contributed by atoms with E-state index in [0.29, 0.717) is 11.5 Å². The normalized spacial score (nSPS) is 35.3. The Morgan fingerprint density at radius 2 is 2.11 bits per heavy atom. The van der Waals surface area contributed by atoms with E-state index in [1.54, 1.807) is 13.8 Å². The monoisotopic (exact) mass is 135 g/mol. The third-order valence-electron chi connectivity index (χ3n) is 1.97. The van der Waals surface area contributed by atoms with E-state index < -0.39 is 11.7 Å². The van der Waals surface area contributed by atoms with E-state index in [4.69, 9.17) is 0 Å². The molecule has 1 atom stereocenters. The van der Waals surface area contributed by atoms with Gasteiger partial charge in [-0.1, -0.05) is 0 Å². The molecule has 54 valence electrons. The van der Waals surface area contributed by atoms with Gasteiger partial charge in [-0.05, 0) is 20.3 Å². The molecule has 0 aromatic heterocycles. The van der Waals surface area contributed by atoms with Gasteiger partial charge < -0.3 is 0 Å². The summed E-state index contributed by atoms with van der Waals surface area (Å²) in [5.74, 6) is 0. The summed E-state index contributed by atoms with van der Waals surface area (Å²) >= 11 is 0. The summed E-state index contributed by atoms with van der Waals surface area (Å²) in [6.45, 7) is 3.38. The Morgan fingerprint density at radius 1 is 1.56 bits per heavy atom. The molecule has 0 amide bonds. The molecule has 0 radical (unpaired) electrons. The maximum absolute atomic E-state index is 12.7. The van der Waals surface area contributed by atoms with Gasteiger partial charge in [0.05, 0.1) is 5.54 Å². The van der Waals surface area contributed by atoms with Crippen LogP contribution in [0.25, 0.3) is 0 Å². The molecule has 1 unspecified atom stereocenters. The summed E-state index contributed by atoms with van der Waals surface area (Å²) in [7, 11) is 0. The third kappa shape index (κ3) is 0.936. The topological polar surface area (TPSA) is 3.24 Å².